The van der Waals surface area contributed by atoms with Crippen LogP contribution in [0.2, 0.25) is 0 Å². The number of ether oxygens (including phenoxy) is 1. The van der Waals surface area contributed by atoms with Gasteiger partial charge in [-0.1, -0.05) is 0 Å². The van der Waals surface area contributed by atoms with Gasteiger partial charge in [0.25, 0.3) is 10.0 Å². The summed E-state index contributed by atoms with van der Waals surface area (Å²) in [7, 11) is -7.49. The quantitative estimate of drug-likeness (QED) is 0.655. The first-order valence-electron chi connectivity index (χ1n) is 9.00. The van der Waals surface area contributed by atoms with Gasteiger partial charge in [0.05, 0.1) is 22.4 Å². The van der Waals surface area contributed by atoms with Gasteiger partial charge in [0.2, 0.25) is 10.0 Å². The second-order valence-corrected chi connectivity index (χ2v) is 11.0. The molecule has 0 aromatic heterocycles. The lowest BCUT2D eigenvalue weighted by Crippen LogP contribution is -2.48. The van der Waals surface area contributed by atoms with Crippen LogP contribution in [0.15, 0.2) is 47.4 Å². The number of nitrogens with one attached hydrogen (secondary N) is 1. The molecule has 1 aliphatic carbocycles. The van der Waals surface area contributed by atoms with E-state index in [1.807, 2.05) is 0 Å². The van der Waals surface area contributed by atoms with Crippen molar-refractivity contribution in [2.24, 2.45) is 0 Å². The number of nitrogens with zero attached hydrogens (tertiary/aromatic N) is 1. The third-order valence-electron chi connectivity index (χ3n) is 4.79. The Morgan fingerprint density at radius 2 is 1.79 bits per heavy atom. The largest absolute Gasteiger partial charge is 0.485 e. The van der Waals surface area contributed by atoms with E-state index in [0.717, 1.165) is 16.4 Å². The van der Waals surface area contributed by atoms with E-state index < -0.39 is 37.2 Å². The number of rotatable bonds is 6. The molecule has 1 unspecified atom stereocenters. The zero-order valence-electron chi connectivity index (χ0n) is 15.3. The van der Waals surface area contributed by atoms with Gasteiger partial charge in [0, 0.05) is 12.2 Å². The molecule has 1 heterocycles. The number of anilines is 2. The molecule has 1 atom stereocenters. The fourth-order valence-corrected chi connectivity index (χ4v) is 6.01. The number of fused-ring (bicyclic) bond motifs is 1. The van der Waals surface area contributed by atoms with Gasteiger partial charge in [0.15, 0.2) is 0 Å². The van der Waals surface area contributed by atoms with Crippen LogP contribution in [0.25, 0.3) is 0 Å². The van der Waals surface area contributed by atoms with Crippen LogP contribution in [0.5, 0.6) is 5.75 Å². The molecular formula is C18H20FN3O5S2. The van der Waals surface area contributed by atoms with Gasteiger partial charge in [-0.2, -0.15) is 0 Å². The minimum Gasteiger partial charge on any atom is -0.485 e. The molecule has 11 heteroatoms. The lowest BCUT2D eigenvalue weighted by Gasteiger charge is -2.35. The van der Waals surface area contributed by atoms with Crippen molar-refractivity contribution >= 4 is 31.4 Å². The average molecular weight is 442 g/mol. The minimum atomic E-state index is -4.05. The van der Waals surface area contributed by atoms with Gasteiger partial charge < -0.3 is 10.5 Å². The van der Waals surface area contributed by atoms with Crippen molar-refractivity contribution in [2.75, 3.05) is 23.1 Å². The Morgan fingerprint density at radius 3 is 2.45 bits per heavy atom. The molecule has 1 saturated carbocycles. The topological polar surface area (TPSA) is 119 Å². The number of benzene rings is 2. The summed E-state index contributed by atoms with van der Waals surface area (Å²) >= 11 is 0. The Hall–Kier alpha value is -2.37. The van der Waals surface area contributed by atoms with Crippen LogP contribution in [0.4, 0.5) is 15.8 Å². The van der Waals surface area contributed by atoms with Crippen LogP contribution in [-0.2, 0) is 20.0 Å². The first-order chi connectivity index (χ1) is 13.7. The van der Waals surface area contributed by atoms with E-state index in [9.17, 15) is 21.2 Å². The molecule has 2 aliphatic rings. The lowest BCUT2D eigenvalue weighted by molar-refractivity contribution is 0.203. The Morgan fingerprint density at radius 1 is 1.10 bits per heavy atom. The molecule has 0 spiro atoms. The molecule has 2 aromatic carbocycles. The maximum absolute atomic E-state index is 13.2. The van der Waals surface area contributed by atoms with Crippen molar-refractivity contribution in [1.29, 1.82) is 0 Å². The SMILES string of the molecule is Nc1ccc2c(c1)N(S(=O)(=O)c1ccc(F)cc1)CC(CNS(=O)(=O)C1CC1)O2. The third-order valence-corrected chi connectivity index (χ3v) is 8.50. The summed E-state index contributed by atoms with van der Waals surface area (Å²) in [5.41, 5.74) is 6.41. The fourth-order valence-electron chi connectivity index (χ4n) is 3.10. The van der Waals surface area contributed by atoms with E-state index in [2.05, 4.69) is 4.72 Å². The molecule has 4 rings (SSSR count). The van der Waals surface area contributed by atoms with Crippen LogP contribution in [-0.4, -0.2) is 41.3 Å². The summed E-state index contributed by atoms with van der Waals surface area (Å²) in [6, 6.07) is 9.07. The van der Waals surface area contributed by atoms with Crippen LogP contribution in [0.3, 0.4) is 0 Å². The maximum Gasteiger partial charge on any atom is 0.264 e. The number of nitrogen functional groups attached to an aromatic ring is 1. The number of sulfonamides is 2. The van der Waals surface area contributed by atoms with Gasteiger partial charge in [-0.25, -0.2) is 25.9 Å². The zero-order chi connectivity index (χ0) is 20.8. The lowest BCUT2D eigenvalue weighted by atomic mass is 10.2. The summed E-state index contributed by atoms with van der Waals surface area (Å²) in [4.78, 5) is -0.0912. The molecule has 0 bridgehead atoms. The standard InChI is InChI=1S/C18H20FN3O5S2/c19-12-1-4-16(5-2-12)29(25,26)22-11-14(10-21-28(23,24)15-6-7-15)27-18-8-3-13(20)9-17(18)22/h1-5,8-9,14-15,21H,6-7,10-11,20H2. The third kappa shape index (κ3) is 4.02. The van der Waals surface area contributed by atoms with Gasteiger partial charge >= 0.3 is 0 Å². The first kappa shape index (κ1) is 19.9. The van der Waals surface area contributed by atoms with E-state index in [-0.39, 0.29) is 29.4 Å². The molecule has 8 nitrogen and oxygen atoms in total. The molecule has 2 aromatic rings. The predicted molar refractivity (Wildman–Crippen MR) is 106 cm³/mol. The Labute approximate surface area is 168 Å². The highest BCUT2D eigenvalue weighted by atomic mass is 32.2. The Bertz CT molecular complexity index is 1130. The van der Waals surface area contributed by atoms with Gasteiger partial charge in [-0.3, -0.25) is 4.31 Å². The number of hydrogen-bond acceptors (Lipinski definition) is 6. The van der Waals surface area contributed by atoms with E-state index in [1.54, 1.807) is 12.1 Å². The highest BCUT2D eigenvalue weighted by molar-refractivity contribution is 7.92. The minimum absolute atomic E-state index is 0.0713. The van der Waals surface area contributed by atoms with Crippen molar-refractivity contribution in [1.82, 2.24) is 4.72 Å². The van der Waals surface area contributed by atoms with Crippen LogP contribution >= 0.6 is 0 Å². The highest BCUT2D eigenvalue weighted by Gasteiger charge is 2.38. The number of hydrogen-bond donors (Lipinski definition) is 2. The van der Waals surface area contributed by atoms with E-state index in [4.69, 9.17) is 10.5 Å². The second-order valence-electron chi connectivity index (χ2n) is 7.05. The summed E-state index contributed by atoms with van der Waals surface area (Å²) in [5, 5.41) is -0.391. The smallest absolute Gasteiger partial charge is 0.264 e. The number of halogens is 1. The summed E-state index contributed by atoms with van der Waals surface area (Å²) < 4.78 is 73.3. The van der Waals surface area contributed by atoms with Crippen LogP contribution in [0.1, 0.15) is 12.8 Å². The normalized spacial score (nSPS) is 19.5. The molecule has 1 fully saturated rings. The summed E-state index contributed by atoms with van der Waals surface area (Å²) in [5.74, 6) is -0.283. The molecule has 0 saturated heterocycles. The summed E-state index contributed by atoms with van der Waals surface area (Å²) in [6.45, 7) is -0.193. The van der Waals surface area contributed by atoms with Gasteiger partial charge in [-0.15, -0.1) is 0 Å². The van der Waals surface area contributed by atoms with Gasteiger partial charge in [-0.05, 0) is 55.3 Å². The van der Waals surface area contributed by atoms with Crippen molar-refractivity contribution in [2.45, 2.75) is 29.1 Å². The van der Waals surface area contributed by atoms with Crippen molar-refractivity contribution in [3.63, 3.8) is 0 Å². The van der Waals surface area contributed by atoms with Crippen molar-refractivity contribution in [3.05, 3.63) is 48.3 Å². The first-order valence-corrected chi connectivity index (χ1v) is 12.0. The zero-order valence-corrected chi connectivity index (χ0v) is 16.9. The monoisotopic (exact) mass is 441 g/mol. The average Bonchev–Trinajstić information content (AvgIpc) is 3.52. The predicted octanol–water partition coefficient (Wildman–Crippen LogP) is 1.45. The Balaban J connectivity index is 1.65. The van der Waals surface area contributed by atoms with Crippen molar-refractivity contribution < 1.29 is 26.0 Å². The van der Waals surface area contributed by atoms with Crippen molar-refractivity contribution in [3.8, 4) is 5.75 Å². The Kier molecular flexibility index (Phi) is 4.91. The van der Waals surface area contributed by atoms with Gasteiger partial charge in [0.1, 0.15) is 17.7 Å². The highest BCUT2D eigenvalue weighted by Crippen LogP contribution is 2.38. The van der Waals surface area contributed by atoms with Crippen LogP contribution in [0, 0.1) is 5.82 Å². The van der Waals surface area contributed by atoms with E-state index in [0.29, 0.717) is 18.5 Å². The molecule has 29 heavy (non-hydrogen) atoms. The number of nitrogens with two attached hydrogens (primary N) is 1. The molecule has 3 N–H and O–H groups in total. The molecular weight excluding hydrogens is 421 g/mol. The second kappa shape index (κ2) is 7.15. The van der Waals surface area contributed by atoms with Crippen LogP contribution < -0.4 is 19.5 Å². The van der Waals surface area contributed by atoms with E-state index >= 15 is 0 Å². The van der Waals surface area contributed by atoms with E-state index in [1.165, 1.54) is 18.2 Å². The maximum atomic E-state index is 13.2. The molecule has 0 amide bonds. The molecule has 1 aliphatic heterocycles. The fraction of sp³-hybridized carbons (Fsp3) is 0.333. The molecule has 0 radical (unpaired) electrons. The molecule has 156 valence electrons. The summed E-state index contributed by atoms with van der Waals surface area (Å²) in [6.07, 6.45) is 0.497.